The zero-order chi connectivity index (χ0) is 13.9. The zero-order valence-electron chi connectivity index (χ0n) is 11.1. The Balaban J connectivity index is 2.00. The lowest BCUT2D eigenvalue weighted by molar-refractivity contribution is 0.461. The van der Waals surface area contributed by atoms with Crippen molar-refractivity contribution in [2.45, 2.75) is 12.5 Å². The Morgan fingerprint density at radius 3 is 2.20 bits per heavy atom. The van der Waals surface area contributed by atoms with Crippen LogP contribution in [-0.2, 0) is 0 Å². The van der Waals surface area contributed by atoms with Gasteiger partial charge in [0, 0.05) is 6.54 Å². The van der Waals surface area contributed by atoms with E-state index in [-0.39, 0.29) is 6.04 Å². The molecule has 0 unspecified atom stereocenters. The van der Waals surface area contributed by atoms with Gasteiger partial charge in [0.1, 0.15) is 0 Å². The fourth-order valence-electron chi connectivity index (χ4n) is 2.74. The number of para-hydroxylation sites is 1. The number of hydrazine groups is 1. The summed E-state index contributed by atoms with van der Waals surface area (Å²) < 4.78 is 0. The number of rotatable bonds is 2. The molecule has 2 aromatic carbocycles. The molecule has 1 aliphatic rings. The van der Waals surface area contributed by atoms with E-state index in [2.05, 4.69) is 41.4 Å². The molecule has 0 aromatic heterocycles. The molecule has 0 aliphatic carbocycles. The third-order valence-electron chi connectivity index (χ3n) is 3.63. The van der Waals surface area contributed by atoms with E-state index in [1.54, 1.807) is 0 Å². The maximum Gasteiger partial charge on any atom is 0.185 e. The molecular formula is C16H17N3S. The first-order chi connectivity index (χ1) is 9.77. The van der Waals surface area contributed by atoms with Gasteiger partial charge in [-0.05, 0) is 36.3 Å². The molecule has 1 saturated heterocycles. The smallest absolute Gasteiger partial charge is 0.185 e. The summed E-state index contributed by atoms with van der Waals surface area (Å²) >= 11 is 5.20. The van der Waals surface area contributed by atoms with E-state index in [9.17, 15) is 0 Å². The van der Waals surface area contributed by atoms with Gasteiger partial charge in [0.25, 0.3) is 0 Å². The summed E-state index contributed by atoms with van der Waals surface area (Å²) in [7, 11) is 0. The van der Waals surface area contributed by atoms with Crippen molar-refractivity contribution >= 4 is 23.0 Å². The van der Waals surface area contributed by atoms with Crippen LogP contribution in [0.2, 0.25) is 0 Å². The average Bonchev–Trinajstić information content (AvgIpc) is 2.94. The molecule has 20 heavy (non-hydrogen) atoms. The SMILES string of the molecule is NC(=S)N1CC[C@@H](c2ccccc2)N1c1ccccc1. The van der Waals surface area contributed by atoms with Crippen LogP contribution in [0.5, 0.6) is 0 Å². The largest absolute Gasteiger partial charge is 0.375 e. The molecule has 1 heterocycles. The van der Waals surface area contributed by atoms with Crippen LogP contribution < -0.4 is 10.7 Å². The Kier molecular flexibility index (Phi) is 3.56. The molecule has 3 nitrogen and oxygen atoms in total. The van der Waals surface area contributed by atoms with Crippen LogP contribution >= 0.6 is 12.2 Å². The number of thiocarbonyl (C=S) groups is 1. The van der Waals surface area contributed by atoms with Gasteiger partial charge < -0.3 is 5.73 Å². The molecule has 0 radical (unpaired) electrons. The summed E-state index contributed by atoms with van der Waals surface area (Å²) in [5, 5.41) is 4.62. The fraction of sp³-hybridized carbons (Fsp3) is 0.188. The maximum atomic E-state index is 5.88. The van der Waals surface area contributed by atoms with Gasteiger partial charge in [-0.2, -0.15) is 0 Å². The van der Waals surface area contributed by atoms with E-state index in [1.165, 1.54) is 5.56 Å². The van der Waals surface area contributed by atoms with Crippen LogP contribution in [-0.4, -0.2) is 16.7 Å². The lowest BCUT2D eigenvalue weighted by atomic mass is 10.0. The number of hydrogen-bond donors (Lipinski definition) is 1. The standard InChI is InChI=1S/C16H17N3S/c17-16(20)18-12-11-15(13-7-3-1-4-8-13)19(18)14-9-5-2-6-10-14/h1-10,15H,11-12H2,(H2,17,20)/t15-/m0/s1. The lowest BCUT2D eigenvalue weighted by Crippen LogP contribution is -2.45. The molecule has 1 fully saturated rings. The molecule has 3 rings (SSSR count). The normalized spacial score (nSPS) is 18.3. The molecule has 1 aliphatic heterocycles. The van der Waals surface area contributed by atoms with Crippen molar-refractivity contribution in [3.8, 4) is 0 Å². The second-order valence-electron chi connectivity index (χ2n) is 4.86. The van der Waals surface area contributed by atoms with Crippen LogP contribution in [0.1, 0.15) is 18.0 Å². The molecule has 102 valence electrons. The van der Waals surface area contributed by atoms with Gasteiger partial charge in [-0.1, -0.05) is 48.5 Å². The summed E-state index contributed by atoms with van der Waals surface area (Å²) in [6.45, 7) is 0.851. The summed E-state index contributed by atoms with van der Waals surface area (Å²) in [5.74, 6) is 0. The monoisotopic (exact) mass is 283 g/mol. The van der Waals surface area contributed by atoms with Crippen molar-refractivity contribution in [1.82, 2.24) is 5.01 Å². The molecule has 0 spiro atoms. The number of nitrogens with two attached hydrogens (primary N) is 1. The molecule has 0 bridgehead atoms. The van der Waals surface area contributed by atoms with Gasteiger partial charge in [0.05, 0.1) is 11.7 Å². The van der Waals surface area contributed by atoms with Crippen molar-refractivity contribution in [3.05, 3.63) is 66.2 Å². The van der Waals surface area contributed by atoms with Crippen molar-refractivity contribution in [2.75, 3.05) is 11.6 Å². The van der Waals surface area contributed by atoms with Crippen LogP contribution in [0.15, 0.2) is 60.7 Å². The Morgan fingerprint density at radius 1 is 1.00 bits per heavy atom. The van der Waals surface area contributed by atoms with Gasteiger partial charge in [0.15, 0.2) is 5.11 Å². The molecule has 0 amide bonds. The van der Waals surface area contributed by atoms with Crippen LogP contribution in [0.3, 0.4) is 0 Å². The molecule has 2 aromatic rings. The first-order valence-corrected chi connectivity index (χ1v) is 7.14. The van der Waals surface area contributed by atoms with E-state index in [0.29, 0.717) is 5.11 Å². The summed E-state index contributed by atoms with van der Waals surface area (Å²) in [6.07, 6.45) is 1.01. The summed E-state index contributed by atoms with van der Waals surface area (Å²) in [6, 6.07) is 21.0. The van der Waals surface area contributed by atoms with Crippen molar-refractivity contribution in [3.63, 3.8) is 0 Å². The highest BCUT2D eigenvalue weighted by Crippen LogP contribution is 2.36. The average molecular weight is 283 g/mol. The topological polar surface area (TPSA) is 32.5 Å². The zero-order valence-corrected chi connectivity index (χ0v) is 12.0. The number of benzene rings is 2. The highest BCUT2D eigenvalue weighted by atomic mass is 32.1. The minimum atomic E-state index is 0.278. The van der Waals surface area contributed by atoms with Crippen molar-refractivity contribution in [2.24, 2.45) is 5.73 Å². The van der Waals surface area contributed by atoms with Gasteiger partial charge in [-0.25, -0.2) is 0 Å². The van der Waals surface area contributed by atoms with Crippen LogP contribution in [0.25, 0.3) is 0 Å². The first kappa shape index (κ1) is 12.9. The predicted molar refractivity (Wildman–Crippen MR) is 86.2 cm³/mol. The Morgan fingerprint density at radius 2 is 1.60 bits per heavy atom. The summed E-state index contributed by atoms with van der Waals surface area (Å²) in [5.41, 5.74) is 8.29. The Hall–Kier alpha value is -2.07. The minimum absolute atomic E-state index is 0.278. The predicted octanol–water partition coefficient (Wildman–Crippen LogP) is 3.10. The van der Waals surface area contributed by atoms with Gasteiger partial charge in [-0.15, -0.1) is 0 Å². The number of anilines is 1. The highest BCUT2D eigenvalue weighted by Gasteiger charge is 2.33. The first-order valence-electron chi connectivity index (χ1n) is 6.73. The van der Waals surface area contributed by atoms with E-state index in [1.807, 2.05) is 29.3 Å². The van der Waals surface area contributed by atoms with E-state index >= 15 is 0 Å². The van der Waals surface area contributed by atoms with E-state index in [0.717, 1.165) is 18.7 Å². The van der Waals surface area contributed by atoms with Crippen molar-refractivity contribution in [1.29, 1.82) is 0 Å². The quantitative estimate of drug-likeness (QED) is 0.859. The summed E-state index contributed by atoms with van der Waals surface area (Å²) in [4.78, 5) is 0. The van der Waals surface area contributed by atoms with Gasteiger partial charge in [0.2, 0.25) is 0 Å². The van der Waals surface area contributed by atoms with Gasteiger partial charge >= 0.3 is 0 Å². The highest BCUT2D eigenvalue weighted by molar-refractivity contribution is 7.80. The fourth-order valence-corrected chi connectivity index (χ4v) is 2.92. The van der Waals surface area contributed by atoms with Crippen molar-refractivity contribution < 1.29 is 0 Å². The molecule has 2 N–H and O–H groups in total. The Labute approximate surface area is 124 Å². The second kappa shape index (κ2) is 5.51. The number of nitrogens with zero attached hydrogens (tertiary/aromatic N) is 2. The van der Waals surface area contributed by atoms with Crippen LogP contribution in [0.4, 0.5) is 5.69 Å². The van der Waals surface area contributed by atoms with Crippen LogP contribution in [0, 0.1) is 0 Å². The maximum absolute atomic E-state index is 5.88. The van der Waals surface area contributed by atoms with E-state index < -0.39 is 0 Å². The Bertz CT molecular complexity index is 585. The number of hydrogen-bond acceptors (Lipinski definition) is 2. The third-order valence-corrected chi connectivity index (χ3v) is 3.84. The minimum Gasteiger partial charge on any atom is -0.375 e. The van der Waals surface area contributed by atoms with Gasteiger partial charge in [-0.3, -0.25) is 10.0 Å². The van der Waals surface area contributed by atoms with E-state index in [4.69, 9.17) is 18.0 Å². The lowest BCUT2D eigenvalue weighted by Gasteiger charge is -2.34. The second-order valence-corrected chi connectivity index (χ2v) is 5.27. The molecule has 1 atom stereocenters. The molecular weight excluding hydrogens is 266 g/mol. The third kappa shape index (κ3) is 2.34. The molecule has 0 saturated carbocycles. The molecule has 4 heteroatoms.